The van der Waals surface area contributed by atoms with Crippen molar-refractivity contribution < 1.29 is 14.3 Å². The molecule has 29 heavy (non-hydrogen) atoms. The number of ether oxygens (including phenoxy) is 1. The van der Waals surface area contributed by atoms with Gasteiger partial charge in [-0.05, 0) is 69.5 Å². The number of fused-ring (bicyclic) bond motifs is 1. The molecular weight excluding hydrogens is 366 g/mol. The van der Waals surface area contributed by atoms with E-state index in [4.69, 9.17) is 4.74 Å². The smallest absolute Gasteiger partial charge is 0.255 e. The summed E-state index contributed by atoms with van der Waals surface area (Å²) in [4.78, 5) is 29.3. The van der Waals surface area contributed by atoms with Gasteiger partial charge in [-0.2, -0.15) is 0 Å². The molecule has 1 aromatic carbocycles. The molecule has 1 saturated heterocycles. The van der Waals surface area contributed by atoms with E-state index in [9.17, 15) is 9.59 Å². The number of nitrogens with one attached hydrogen (secondary N) is 1. The normalized spacial score (nSPS) is 27.2. The number of likely N-dealkylation sites (N-methyl/N-ethyl adjacent to an activating group) is 1. The summed E-state index contributed by atoms with van der Waals surface area (Å²) < 4.78 is 6.40. The quantitative estimate of drug-likeness (QED) is 0.829. The maximum atomic E-state index is 12.9. The second-order valence-corrected chi connectivity index (χ2v) is 8.48. The summed E-state index contributed by atoms with van der Waals surface area (Å²) in [6.07, 6.45) is 6.17. The summed E-state index contributed by atoms with van der Waals surface area (Å²) in [6, 6.07) is 5.75. The number of allylic oxidation sites excluding steroid dienone is 1. The molecule has 1 N–H and O–H groups in total. The van der Waals surface area contributed by atoms with Crippen LogP contribution in [0.2, 0.25) is 0 Å². The molecule has 0 spiro atoms. The summed E-state index contributed by atoms with van der Waals surface area (Å²) in [5.74, 6) is 0.619. The Labute approximate surface area is 172 Å². The lowest BCUT2D eigenvalue weighted by Crippen LogP contribution is -2.49. The molecule has 1 aliphatic carbocycles. The number of hydrogen-bond donors (Lipinski definition) is 1. The lowest BCUT2D eigenvalue weighted by molar-refractivity contribution is -0.126. The summed E-state index contributed by atoms with van der Waals surface area (Å²) in [6.45, 7) is 7.46. The minimum Gasteiger partial charge on any atom is -0.489 e. The number of piperidine rings is 1. The van der Waals surface area contributed by atoms with Crippen LogP contribution in [0.5, 0.6) is 5.75 Å². The lowest BCUT2D eigenvalue weighted by Gasteiger charge is -2.37. The molecule has 0 bridgehead atoms. The Bertz CT molecular complexity index is 822. The van der Waals surface area contributed by atoms with Crippen molar-refractivity contribution in [1.82, 2.24) is 15.1 Å². The fraction of sp³-hybridized carbons (Fsp3) is 0.565. The van der Waals surface area contributed by atoms with Crippen molar-refractivity contribution in [3.8, 4) is 5.75 Å². The van der Waals surface area contributed by atoms with Gasteiger partial charge in [0.05, 0.1) is 0 Å². The Morgan fingerprint density at radius 1 is 1.24 bits per heavy atom. The van der Waals surface area contributed by atoms with Gasteiger partial charge in [-0.15, -0.1) is 0 Å². The molecule has 2 amide bonds. The SMILES string of the molecule is C=C1CCC(N2Cc3cc(O[C@H]4CCCC[C@@H]4N(C)CC)ccc3C2=O)C(=O)N1. The van der Waals surface area contributed by atoms with Crippen molar-refractivity contribution >= 4 is 11.8 Å². The highest BCUT2D eigenvalue weighted by atomic mass is 16.5. The maximum absolute atomic E-state index is 12.9. The minimum absolute atomic E-state index is 0.0690. The topological polar surface area (TPSA) is 61.9 Å². The van der Waals surface area contributed by atoms with Gasteiger partial charge in [0.25, 0.3) is 5.91 Å². The molecule has 2 fully saturated rings. The molecule has 1 saturated carbocycles. The molecule has 1 aromatic rings. The van der Waals surface area contributed by atoms with Crippen molar-refractivity contribution in [1.29, 1.82) is 0 Å². The third-order valence-corrected chi connectivity index (χ3v) is 6.63. The van der Waals surface area contributed by atoms with E-state index in [1.165, 1.54) is 12.8 Å². The van der Waals surface area contributed by atoms with E-state index in [2.05, 4.69) is 30.8 Å². The summed E-state index contributed by atoms with van der Waals surface area (Å²) in [5, 5.41) is 2.78. The number of benzene rings is 1. The summed E-state index contributed by atoms with van der Waals surface area (Å²) >= 11 is 0. The van der Waals surface area contributed by atoms with Gasteiger partial charge >= 0.3 is 0 Å². The molecule has 6 heteroatoms. The van der Waals surface area contributed by atoms with Crippen LogP contribution < -0.4 is 10.1 Å². The van der Waals surface area contributed by atoms with Crippen LogP contribution in [0.3, 0.4) is 0 Å². The molecular formula is C23H31N3O3. The standard InChI is InChI=1S/C23H31N3O3/c1-4-25(3)19-7-5-6-8-21(19)29-17-10-11-18-16(13-17)14-26(23(18)28)20-12-9-15(2)24-22(20)27/h10-11,13,19-21H,2,4-9,12,14H2,1,3H3,(H,24,27)/t19-,20?,21-/m0/s1. The van der Waals surface area contributed by atoms with Gasteiger partial charge in [-0.3, -0.25) is 9.59 Å². The van der Waals surface area contributed by atoms with Crippen LogP contribution in [0.25, 0.3) is 0 Å². The molecule has 0 aromatic heterocycles. The van der Waals surface area contributed by atoms with Crippen molar-refractivity contribution in [2.75, 3.05) is 13.6 Å². The van der Waals surface area contributed by atoms with E-state index in [-0.39, 0.29) is 17.9 Å². The van der Waals surface area contributed by atoms with Crippen molar-refractivity contribution in [3.63, 3.8) is 0 Å². The van der Waals surface area contributed by atoms with E-state index < -0.39 is 6.04 Å². The second kappa shape index (κ2) is 8.19. The summed E-state index contributed by atoms with van der Waals surface area (Å²) in [7, 11) is 2.16. The van der Waals surface area contributed by atoms with Crippen molar-refractivity contribution in [2.45, 2.75) is 70.2 Å². The van der Waals surface area contributed by atoms with Crippen LogP contribution in [-0.4, -0.2) is 53.4 Å². The fourth-order valence-electron chi connectivity index (χ4n) is 4.83. The van der Waals surface area contributed by atoms with E-state index in [0.717, 1.165) is 36.4 Å². The van der Waals surface area contributed by atoms with Crippen LogP contribution in [0.15, 0.2) is 30.5 Å². The zero-order chi connectivity index (χ0) is 20.5. The second-order valence-electron chi connectivity index (χ2n) is 8.48. The number of nitrogens with zero attached hydrogens (tertiary/aromatic N) is 2. The monoisotopic (exact) mass is 397 g/mol. The first-order valence-corrected chi connectivity index (χ1v) is 10.8. The first-order valence-electron chi connectivity index (χ1n) is 10.8. The number of carbonyl (C=O) groups is 2. The third kappa shape index (κ3) is 3.90. The molecule has 0 radical (unpaired) electrons. The van der Waals surface area contributed by atoms with Gasteiger partial charge in [0.2, 0.25) is 5.91 Å². The molecule has 3 atom stereocenters. The molecule has 156 valence electrons. The van der Waals surface area contributed by atoms with E-state index in [0.29, 0.717) is 31.0 Å². The Kier molecular flexibility index (Phi) is 5.63. The lowest BCUT2D eigenvalue weighted by atomic mass is 9.91. The highest BCUT2D eigenvalue weighted by Crippen LogP contribution is 2.33. The molecule has 2 aliphatic heterocycles. The van der Waals surface area contributed by atoms with Crippen LogP contribution in [0.1, 0.15) is 61.4 Å². The van der Waals surface area contributed by atoms with Crippen LogP contribution in [-0.2, 0) is 11.3 Å². The summed E-state index contributed by atoms with van der Waals surface area (Å²) in [5.41, 5.74) is 2.35. The molecule has 3 aliphatic rings. The zero-order valence-corrected chi connectivity index (χ0v) is 17.4. The van der Waals surface area contributed by atoms with Crippen LogP contribution >= 0.6 is 0 Å². The van der Waals surface area contributed by atoms with E-state index in [1.807, 2.05) is 18.2 Å². The zero-order valence-electron chi connectivity index (χ0n) is 17.4. The Morgan fingerprint density at radius 3 is 2.79 bits per heavy atom. The predicted octanol–water partition coefficient (Wildman–Crippen LogP) is 3.08. The highest BCUT2D eigenvalue weighted by Gasteiger charge is 2.38. The maximum Gasteiger partial charge on any atom is 0.255 e. The highest BCUT2D eigenvalue weighted by molar-refractivity contribution is 6.01. The number of hydrogen-bond acceptors (Lipinski definition) is 4. The number of rotatable bonds is 5. The van der Waals surface area contributed by atoms with Gasteiger partial charge in [0, 0.05) is 23.8 Å². The Balaban J connectivity index is 1.48. The van der Waals surface area contributed by atoms with Gasteiger partial charge < -0.3 is 19.9 Å². The third-order valence-electron chi connectivity index (χ3n) is 6.63. The Hall–Kier alpha value is -2.34. The van der Waals surface area contributed by atoms with E-state index in [1.54, 1.807) is 4.90 Å². The van der Waals surface area contributed by atoms with Crippen molar-refractivity contribution in [3.05, 3.63) is 41.6 Å². The molecule has 2 heterocycles. The van der Waals surface area contributed by atoms with Gasteiger partial charge in [-0.25, -0.2) is 0 Å². The van der Waals surface area contributed by atoms with Gasteiger partial charge in [-0.1, -0.05) is 19.9 Å². The van der Waals surface area contributed by atoms with Crippen LogP contribution in [0, 0.1) is 0 Å². The first kappa shape index (κ1) is 20.0. The molecule has 6 nitrogen and oxygen atoms in total. The average Bonchev–Trinajstić information content (AvgIpc) is 3.03. The average molecular weight is 398 g/mol. The number of carbonyl (C=O) groups excluding carboxylic acids is 2. The Morgan fingerprint density at radius 2 is 2.03 bits per heavy atom. The van der Waals surface area contributed by atoms with E-state index >= 15 is 0 Å². The van der Waals surface area contributed by atoms with Crippen molar-refractivity contribution in [2.24, 2.45) is 0 Å². The molecule has 4 rings (SSSR count). The van der Waals surface area contributed by atoms with Gasteiger partial charge in [0.15, 0.2) is 0 Å². The predicted molar refractivity (Wildman–Crippen MR) is 112 cm³/mol. The fourth-order valence-corrected chi connectivity index (χ4v) is 4.83. The van der Waals surface area contributed by atoms with Gasteiger partial charge in [0.1, 0.15) is 17.9 Å². The first-order chi connectivity index (χ1) is 14.0. The number of amides is 2. The molecule has 1 unspecified atom stereocenters. The minimum atomic E-state index is -0.425. The van der Waals surface area contributed by atoms with Crippen LogP contribution in [0.4, 0.5) is 0 Å². The largest absolute Gasteiger partial charge is 0.489 e.